The van der Waals surface area contributed by atoms with Crippen LogP contribution in [0.3, 0.4) is 0 Å². The van der Waals surface area contributed by atoms with Crippen LogP contribution >= 0.6 is 0 Å². The lowest BCUT2D eigenvalue weighted by molar-refractivity contribution is 0.0284. The van der Waals surface area contributed by atoms with Gasteiger partial charge in [-0.15, -0.1) is 0 Å². The van der Waals surface area contributed by atoms with Crippen LogP contribution in [-0.2, 0) is 4.74 Å². The van der Waals surface area contributed by atoms with E-state index in [0.29, 0.717) is 11.5 Å². The molecule has 4 heteroatoms. The van der Waals surface area contributed by atoms with E-state index in [4.69, 9.17) is 10.5 Å². The summed E-state index contributed by atoms with van der Waals surface area (Å²) in [5, 5.41) is 0. The Kier molecular flexibility index (Phi) is 3.83. The largest absolute Gasteiger partial charge is 0.444 e. The second kappa shape index (κ2) is 4.97. The van der Waals surface area contributed by atoms with E-state index in [1.165, 1.54) is 12.8 Å². The van der Waals surface area contributed by atoms with Crippen LogP contribution in [0.25, 0.3) is 0 Å². The topological polar surface area (TPSA) is 55.6 Å². The van der Waals surface area contributed by atoms with Gasteiger partial charge in [0.05, 0.1) is 0 Å². The fraction of sp³-hybridized carbons (Fsp3) is 0.933. The van der Waals surface area contributed by atoms with Crippen molar-refractivity contribution in [2.45, 2.75) is 65.0 Å². The number of nitrogens with zero attached hydrogens (tertiary/aromatic N) is 1. The van der Waals surface area contributed by atoms with Gasteiger partial charge in [0.2, 0.25) is 0 Å². The van der Waals surface area contributed by atoms with Gasteiger partial charge in [0.1, 0.15) is 5.60 Å². The number of carbonyl (C=O) groups is 1. The molecule has 110 valence electrons. The monoisotopic (exact) mass is 268 g/mol. The lowest BCUT2D eigenvalue weighted by Gasteiger charge is -2.24. The van der Waals surface area contributed by atoms with Crippen molar-refractivity contribution in [2.24, 2.45) is 17.1 Å². The molecule has 2 N–H and O–H groups in total. The van der Waals surface area contributed by atoms with Gasteiger partial charge >= 0.3 is 6.09 Å². The minimum absolute atomic E-state index is 0.151. The molecule has 1 aliphatic carbocycles. The molecule has 19 heavy (non-hydrogen) atoms. The second-order valence-electron chi connectivity index (χ2n) is 7.47. The highest BCUT2D eigenvalue weighted by Gasteiger charge is 2.57. The van der Waals surface area contributed by atoms with Crippen LogP contribution < -0.4 is 5.73 Å². The molecule has 0 bridgehead atoms. The van der Waals surface area contributed by atoms with Gasteiger partial charge in [-0.1, -0.05) is 0 Å². The molecule has 1 saturated heterocycles. The average Bonchev–Trinajstić information content (AvgIpc) is 2.71. The van der Waals surface area contributed by atoms with E-state index in [1.807, 2.05) is 25.7 Å². The number of amides is 1. The van der Waals surface area contributed by atoms with Gasteiger partial charge in [-0.3, -0.25) is 0 Å². The van der Waals surface area contributed by atoms with Crippen molar-refractivity contribution in [3.63, 3.8) is 0 Å². The molecule has 2 rings (SSSR count). The Morgan fingerprint density at radius 2 is 2.21 bits per heavy atom. The van der Waals surface area contributed by atoms with Crippen molar-refractivity contribution in [3.05, 3.63) is 0 Å². The first-order valence-corrected chi connectivity index (χ1v) is 7.45. The maximum absolute atomic E-state index is 12.0. The predicted octanol–water partition coefficient (Wildman–Crippen LogP) is 2.76. The van der Waals surface area contributed by atoms with E-state index in [0.717, 1.165) is 31.8 Å². The van der Waals surface area contributed by atoms with Crippen molar-refractivity contribution < 1.29 is 9.53 Å². The van der Waals surface area contributed by atoms with Crippen LogP contribution in [0.4, 0.5) is 4.79 Å². The first-order valence-electron chi connectivity index (χ1n) is 7.45. The summed E-state index contributed by atoms with van der Waals surface area (Å²) in [7, 11) is 0. The number of nitrogens with two attached hydrogens (primary N) is 1. The highest BCUT2D eigenvalue weighted by Crippen LogP contribution is 2.60. The van der Waals surface area contributed by atoms with Gasteiger partial charge in [-0.2, -0.15) is 0 Å². The summed E-state index contributed by atoms with van der Waals surface area (Å²) < 4.78 is 5.44. The molecular weight excluding hydrogens is 240 g/mol. The molecule has 2 aliphatic rings. The normalized spacial score (nSPS) is 31.6. The molecule has 0 radical (unpaired) electrons. The number of hydrogen-bond donors (Lipinski definition) is 1. The molecule has 1 spiro atoms. The molecule has 2 fully saturated rings. The quantitative estimate of drug-likeness (QED) is 0.856. The summed E-state index contributed by atoms with van der Waals surface area (Å²) in [6.45, 7) is 9.55. The zero-order chi connectivity index (χ0) is 14.3. The lowest BCUT2D eigenvalue weighted by atomic mass is 9.99. The van der Waals surface area contributed by atoms with Gasteiger partial charge in [0, 0.05) is 19.1 Å². The third-order valence-corrected chi connectivity index (χ3v) is 4.37. The lowest BCUT2D eigenvalue weighted by Crippen LogP contribution is -2.35. The molecule has 1 aliphatic heterocycles. The first kappa shape index (κ1) is 14.6. The van der Waals surface area contributed by atoms with E-state index in [1.54, 1.807) is 0 Å². The summed E-state index contributed by atoms with van der Waals surface area (Å²) in [6.07, 6.45) is 4.55. The molecule has 1 amide bonds. The molecule has 3 unspecified atom stereocenters. The van der Waals surface area contributed by atoms with Crippen LogP contribution in [0.1, 0.15) is 53.4 Å². The smallest absolute Gasteiger partial charge is 0.410 e. The van der Waals surface area contributed by atoms with Crippen molar-refractivity contribution >= 4 is 6.09 Å². The van der Waals surface area contributed by atoms with Crippen molar-refractivity contribution in [3.8, 4) is 0 Å². The minimum atomic E-state index is -0.398. The first-order chi connectivity index (χ1) is 8.72. The maximum Gasteiger partial charge on any atom is 0.410 e. The summed E-state index contributed by atoms with van der Waals surface area (Å²) in [6, 6.07) is 0.293. The van der Waals surface area contributed by atoms with Gasteiger partial charge in [0.25, 0.3) is 0 Å². The van der Waals surface area contributed by atoms with Crippen molar-refractivity contribution in [1.82, 2.24) is 4.90 Å². The Morgan fingerprint density at radius 3 is 2.79 bits per heavy atom. The van der Waals surface area contributed by atoms with E-state index in [9.17, 15) is 4.79 Å². The SMILES string of the molecule is CC(N)CCC1CC12CCN(C(=O)OC(C)(C)C)C2. The van der Waals surface area contributed by atoms with Crippen LogP contribution in [0, 0.1) is 11.3 Å². The van der Waals surface area contributed by atoms with Gasteiger partial charge in [-0.05, 0) is 64.7 Å². The maximum atomic E-state index is 12.0. The fourth-order valence-corrected chi connectivity index (χ4v) is 3.18. The molecule has 0 aromatic rings. The van der Waals surface area contributed by atoms with E-state index >= 15 is 0 Å². The molecule has 3 atom stereocenters. The van der Waals surface area contributed by atoms with Crippen LogP contribution in [0.2, 0.25) is 0 Å². The van der Waals surface area contributed by atoms with Crippen molar-refractivity contribution in [1.29, 1.82) is 0 Å². The molecule has 4 nitrogen and oxygen atoms in total. The van der Waals surface area contributed by atoms with Gasteiger partial charge in [-0.25, -0.2) is 4.79 Å². The Hall–Kier alpha value is -0.770. The highest BCUT2D eigenvalue weighted by molar-refractivity contribution is 5.68. The minimum Gasteiger partial charge on any atom is -0.444 e. The zero-order valence-electron chi connectivity index (χ0n) is 12.7. The number of carbonyl (C=O) groups excluding carboxylic acids is 1. The molecule has 1 saturated carbocycles. The second-order valence-corrected chi connectivity index (χ2v) is 7.47. The third-order valence-electron chi connectivity index (χ3n) is 4.37. The van der Waals surface area contributed by atoms with E-state index in [-0.39, 0.29) is 6.09 Å². The number of hydrogen-bond acceptors (Lipinski definition) is 3. The van der Waals surface area contributed by atoms with Gasteiger partial charge < -0.3 is 15.4 Å². The summed E-state index contributed by atoms with van der Waals surface area (Å²) >= 11 is 0. The number of likely N-dealkylation sites (tertiary alicyclic amines) is 1. The molecule has 0 aromatic carbocycles. The van der Waals surface area contributed by atoms with E-state index in [2.05, 4.69) is 6.92 Å². The average molecular weight is 268 g/mol. The summed E-state index contributed by atoms with van der Waals surface area (Å²) in [5.41, 5.74) is 5.81. The molecule has 0 aromatic heterocycles. The van der Waals surface area contributed by atoms with Gasteiger partial charge in [0.15, 0.2) is 0 Å². The summed E-state index contributed by atoms with van der Waals surface area (Å²) in [5.74, 6) is 0.769. The van der Waals surface area contributed by atoms with Crippen LogP contribution in [-0.4, -0.2) is 35.7 Å². The Morgan fingerprint density at radius 1 is 1.53 bits per heavy atom. The number of ether oxygens (including phenoxy) is 1. The summed E-state index contributed by atoms with van der Waals surface area (Å²) in [4.78, 5) is 13.9. The Labute approximate surface area is 116 Å². The third kappa shape index (κ3) is 3.62. The fourth-order valence-electron chi connectivity index (χ4n) is 3.18. The molecule has 1 heterocycles. The highest BCUT2D eigenvalue weighted by atomic mass is 16.6. The number of rotatable bonds is 3. The standard InChI is InChI=1S/C15H28N2O2/c1-11(16)5-6-12-9-15(12)7-8-17(10-15)13(18)19-14(2,3)4/h11-12H,5-10,16H2,1-4H3. The van der Waals surface area contributed by atoms with Crippen LogP contribution in [0.5, 0.6) is 0 Å². The molecular formula is C15H28N2O2. The van der Waals surface area contributed by atoms with Crippen molar-refractivity contribution in [2.75, 3.05) is 13.1 Å². The Balaban J connectivity index is 1.80. The predicted molar refractivity (Wildman–Crippen MR) is 75.8 cm³/mol. The Bertz CT molecular complexity index is 349. The van der Waals surface area contributed by atoms with Crippen LogP contribution in [0.15, 0.2) is 0 Å². The van der Waals surface area contributed by atoms with E-state index < -0.39 is 5.60 Å². The zero-order valence-corrected chi connectivity index (χ0v) is 12.7.